The van der Waals surface area contributed by atoms with Crippen LogP contribution in [0.25, 0.3) is 0 Å². The molecule has 0 N–H and O–H groups in total. The molecule has 7 heteroatoms. The molecule has 4 unspecified atom stereocenters. The van der Waals surface area contributed by atoms with Crippen molar-refractivity contribution in [3.8, 4) is 0 Å². The molecule has 0 spiro atoms. The minimum atomic E-state index is 0.00593. The van der Waals surface area contributed by atoms with Gasteiger partial charge in [0.15, 0.2) is 0 Å². The van der Waals surface area contributed by atoms with Crippen LogP contribution in [0.15, 0.2) is 133 Å². The monoisotopic (exact) mass is 836 g/mol. The third kappa shape index (κ3) is 3.92. The molecular formula is C58H51B3N4. The van der Waals surface area contributed by atoms with Crippen LogP contribution < -0.4 is 68.8 Å². The van der Waals surface area contributed by atoms with E-state index in [1.54, 1.807) is 5.56 Å². The molecule has 9 aliphatic rings. The van der Waals surface area contributed by atoms with Crippen LogP contribution in [0, 0.1) is 5.92 Å². The molecule has 2 aliphatic carbocycles. The van der Waals surface area contributed by atoms with Crippen LogP contribution >= 0.6 is 0 Å². The van der Waals surface area contributed by atoms with Gasteiger partial charge in [-0.25, -0.2) is 0 Å². The highest BCUT2D eigenvalue weighted by atomic mass is 15.3. The molecule has 4 atom stereocenters. The van der Waals surface area contributed by atoms with E-state index in [4.69, 9.17) is 0 Å². The zero-order valence-corrected chi connectivity index (χ0v) is 38.0. The lowest BCUT2D eigenvalue weighted by Gasteiger charge is -2.56. The van der Waals surface area contributed by atoms with Gasteiger partial charge < -0.3 is 19.6 Å². The van der Waals surface area contributed by atoms with Crippen molar-refractivity contribution >= 4 is 126 Å². The molecule has 0 radical (unpaired) electrons. The van der Waals surface area contributed by atoms with Crippen LogP contribution in [0.5, 0.6) is 0 Å². The lowest BCUT2D eigenvalue weighted by Crippen LogP contribution is -2.71. The van der Waals surface area contributed by atoms with Gasteiger partial charge in [-0.05, 0) is 143 Å². The van der Waals surface area contributed by atoms with Gasteiger partial charge in [-0.2, -0.15) is 0 Å². The first-order valence-electron chi connectivity index (χ1n) is 24.9. The zero-order chi connectivity index (χ0) is 42.9. The van der Waals surface area contributed by atoms with E-state index in [0.29, 0.717) is 5.92 Å². The second-order valence-corrected chi connectivity index (χ2v) is 22.0. The average molecular weight is 837 g/mol. The van der Waals surface area contributed by atoms with Crippen molar-refractivity contribution in [2.75, 3.05) is 19.6 Å². The molecule has 0 amide bonds. The second-order valence-electron chi connectivity index (χ2n) is 22.0. The summed E-state index contributed by atoms with van der Waals surface area (Å²) in [7, 11) is 0. The molecule has 7 heterocycles. The molecule has 0 saturated heterocycles. The summed E-state index contributed by atoms with van der Waals surface area (Å²) in [5, 5.41) is 0. The van der Waals surface area contributed by atoms with E-state index in [1.165, 1.54) is 157 Å². The zero-order valence-electron chi connectivity index (χ0n) is 38.0. The fraction of sp³-hybridized carbons (Fsp3) is 0.276. The number of benzene rings is 7. The van der Waals surface area contributed by atoms with Crippen molar-refractivity contribution in [3.63, 3.8) is 0 Å². The Balaban J connectivity index is 1.01. The molecule has 4 nitrogen and oxygen atoms in total. The Labute approximate surface area is 384 Å². The first-order chi connectivity index (χ1) is 31.8. The highest BCUT2D eigenvalue weighted by molar-refractivity contribution is 7.06. The molecule has 0 bridgehead atoms. The van der Waals surface area contributed by atoms with E-state index >= 15 is 0 Å². The highest BCUT2D eigenvalue weighted by Gasteiger charge is 2.62. The summed E-state index contributed by atoms with van der Waals surface area (Å²) < 4.78 is 0. The predicted molar refractivity (Wildman–Crippen MR) is 277 cm³/mol. The third-order valence-electron chi connectivity index (χ3n) is 19.5. The molecule has 2 fully saturated rings. The van der Waals surface area contributed by atoms with Crippen molar-refractivity contribution in [1.82, 2.24) is 0 Å². The van der Waals surface area contributed by atoms with Crippen LogP contribution in [-0.2, 0) is 5.41 Å². The summed E-state index contributed by atoms with van der Waals surface area (Å²) in [6.07, 6.45) is 10.1. The number of hydrogen-bond donors (Lipinski definition) is 0. The Morgan fingerprint density at radius 3 is 1.57 bits per heavy atom. The van der Waals surface area contributed by atoms with E-state index in [2.05, 4.69) is 181 Å². The van der Waals surface area contributed by atoms with Crippen LogP contribution in [0.2, 0.25) is 0 Å². The largest absolute Gasteiger partial charge is 0.336 e. The first-order valence-corrected chi connectivity index (χ1v) is 24.9. The van der Waals surface area contributed by atoms with Gasteiger partial charge in [-0.15, -0.1) is 0 Å². The molecule has 7 aromatic rings. The minimum Gasteiger partial charge on any atom is -0.336 e. The average Bonchev–Trinajstić information content (AvgIpc) is 3.55. The Morgan fingerprint density at radius 2 is 0.908 bits per heavy atom. The molecule has 16 rings (SSSR count). The van der Waals surface area contributed by atoms with E-state index in [0.717, 1.165) is 0 Å². The fourth-order valence-corrected chi connectivity index (χ4v) is 16.3. The SMILES string of the molecule is CC1CCCCC1(C)N1c2ccccc2B2c3ccccc3N3c4cccc5c4B(c4ccc1c2c43)c1ccc2c3c1N5c1ccccc1B3c1cccc3c1N2C1(C)CCCCC31C. The smallest absolute Gasteiger partial charge is 0.252 e. The van der Waals surface area contributed by atoms with Crippen molar-refractivity contribution in [1.29, 1.82) is 0 Å². The quantitative estimate of drug-likeness (QED) is 0.156. The van der Waals surface area contributed by atoms with E-state index in [1.807, 2.05) is 0 Å². The molecule has 65 heavy (non-hydrogen) atoms. The maximum Gasteiger partial charge on any atom is 0.252 e. The van der Waals surface area contributed by atoms with Gasteiger partial charge in [0.05, 0.1) is 5.54 Å². The second kappa shape index (κ2) is 11.8. The van der Waals surface area contributed by atoms with Crippen LogP contribution in [0.1, 0.15) is 84.6 Å². The van der Waals surface area contributed by atoms with Crippen LogP contribution in [0.3, 0.4) is 0 Å². The molecule has 7 aromatic carbocycles. The maximum atomic E-state index is 2.88. The number of fused-ring (bicyclic) bond motifs is 17. The van der Waals surface area contributed by atoms with Crippen molar-refractivity contribution in [2.24, 2.45) is 5.92 Å². The molecule has 312 valence electrons. The first kappa shape index (κ1) is 36.2. The van der Waals surface area contributed by atoms with Gasteiger partial charge in [-0.1, -0.05) is 131 Å². The van der Waals surface area contributed by atoms with Gasteiger partial charge in [0, 0.05) is 67.8 Å². The Kier molecular flexibility index (Phi) is 6.59. The molecular weight excluding hydrogens is 785 g/mol. The van der Waals surface area contributed by atoms with E-state index in [-0.39, 0.29) is 36.6 Å². The fourth-order valence-electron chi connectivity index (χ4n) is 16.3. The highest BCUT2D eigenvalue weighted by Crippen LogP contribution is 2.62. The van der Waals surface area contributed by atoms with Gasteiger partial charge in [0.2, 0.25) is 0 Å². The van der Waals surface area contributed by atoms with Crippen molar-refractivity contribution < 1.29 is 0 Å². The van der Waals surface area contributed by atoms with Crippen molar-refractivity contribution in [3.05, 3.63) is 139 Å². The van der Waals surface area contributed by atoms with Gasteiger partial charge in [0.25, 0.3) is 20.1 Å². The summed E-state index contributed by atoms with van der Waals surface area (Å²) in [4.78, 5) is 11.1. The normalized spacial score (nSPS) is 25.8. The third-order valence-corrected chi connectivity index (χ3v) is 19.5. The lowest BCUT2D eigenvalue weighted by atomic mass is 9.27. The van der Waals surface area contributed by atoms with Crippen LogP contribution in [-0.4, -0.2) is 31.2 Å². The van der Waals surface area contributed by atoms with E-state index < -0.39 is 0 Å². The summed E-state index contributed by atoms with van der Waals surface area (Å²) >= 11 is 0. The standard InChI is InChI=1S/C58H51B3N4/c1-35-17-11-12-33-57(35,3)64-45-25-10-7-21-39(45)59-37-19-5-8-23-43(37)62-46-26-16-27-47-50(46)61(41-28-30-48(64)51(59)54(41)62)42-29-31-49-52-55(42)63(47)44-24-9-6-20-38(44)60(52)40-22-15-18-36-53(40)65(49)58(4)34-14-13-32-56(36,58)2/h5-10,15-16,18-31,35H,11-14,17,32-34H2,1-4H3. The Morgan fingerprint density at radius 1 is 0.415 bits per heavy atom. The number of para-hydroxylation sites is 4. The number of hydrogen-bond acceptors (Lipinski definition) is 4. The number of anilines is 10. The number of rotatable bonds is 1. The molecule has 7 aliphatic heterocycles. The summed E-state index contributed by atoms with van der Waals surface area (Å²) in [6.45, 7) is 10.7. The summed E-state index contributed by atoms with van der Waals surface area (Å²) in [6, 6.07) is 53.2. The summed E-state index contributed by atoms with van der Waals surface area (Å²) in [5.74, 6) is 0.577. The van der Waals surface area contributed by atoms with Crippen LogP contribution in [0.4, 0.5) is 56.9 Å². The lowest BCUT2D eigenvalue weighted by molar-refractivity contribution is 0.195. The van der Waals surface area contributed by atoms with Gasteiger partial charge in [0.1, 0.15) is 0 Å². The van der Waals surface area contributed by atoms with Gasteiger partial charge in [-0.3, -0.25) is 0 Å². The molecule has 2 saturated carbocycles. The maximum absolute atomic E-state index is 2.88. The number of nitrogens with zero attached hydrogens (tertiary/aromatic N) is 4. The Hall–Kier alpha value is -6.07. The van der Waals surface area contributed by atoms with Crippen molar-refractivity contribution in [2.45, 2.75) is 95.6 Å². The topological polar surface area (TPSA) is 13.0 Å². The minimum absolute atomic E-state index is 0.00593. The van der Waals surface area contributed by atoms with Gasteiger partial charge >= 0.3 is 0 Å². The summed E-state index contributed by atoms with van der Waals surface area (Å²) in [5.41, 5.74) is 28.7. The Bertz CT molecular complexity index is 3270. The molecule has 0 aromatic heterocycles. The van der Waals surface area contributed by atoms with E-state index in [9.17, 15) is 0 Å². The predicted octanol–water partition coefficient (Wildman–Crippen LogP) is 7.90.